The molecule has 0 aliphatic carbocycles. The molecule has 1 unspecified atom stereocenters. The third-order valence-corrected chi connectivity index (χ3v) is 4.21. The molecule has 1 aliphatic heterocycles. The fraction of sp³-hybridized carbons (Fsp3) is 1.00. The maximum Gasteiger partial charge on any atom is 0.0901 e. The van der Waals surface area contributed by atoms with Crippen LogP contribution in [0.15, 0.2) is 0 Å². The van der Waals surface area contributed by atoms with E-state index in [9.17, 15) is 0 Å². The number of quaternary nitrogens is 1. The van der Waals surface area contributed by atoms with Crippen molar-refractivity contribution in [3.05, 3.63) is 0 Å². The molecule has 1 saturated heterocycles. The highest BCUT2D eigenvalue weighted by atomic mass is 32.1. The molecule has 3 heteroatoms. The van der Waals surface area contributed by atoms with E-state index in [1.807, 2.05) is 0 Å². The first-order chi connectivity index (χ1) is 6.43. The second kappa shape index (κ2) is 4.86. The quantitative estimate of drug-likeness (QED) is 0.558. The Labute approximate surface area is 94.4 Å². The Morgan fingerprint density at radius 1 is 1.43 bits per heavy atom. The summed E-state index contributed by atoms with van der Waals surface area (Å²) >= 11 is 4.48. The topological polar surface area (TPSA) is 3.24 Å². The summed E-state index contributed by atoms with van der Waals surface area (Å²) in [5.74, 6) is 0. The van der Waals surface area contributed by atoms with Gasteiger partial charge in [-0.25, -0.2) is 0 Å². The molecule has 0 N–H and O–H groups in total. The predicted molar refractivity (Wildman–Crippen MR) is 65.4 cm³/mol. The molecular weight excluding hydrogens is 192 g/mol. The molecule has 1 rings (SSSR count). The third kappa shape index (κ3) is 3.14. The van der Waals surface area contributed by atoms with Crippen LogP contribution in [0, 0.1) is 0 Å². The molecule has 0 bridgehead atoms. The molecule has 0 aromatic rings. The molecule has 14 heavy (non-hydrogen) atoms. The van der Waals surface area contributed by atoms with Crippen LogP contribution in [0.4, 0.5) is 0 Å². The van der Waals surface area contributed by atoms with E-state index in [-0.39, 0.29) is 0 Å². The Kier molecular flexibility index (Phi) is 4.29. The molecule has 0 amide bonds. The van der Waals surface area contributed by atoms with E-state index in [4.69, 9.17) is 0 Å². The lowest BCUT2D eigenvalue weighted by atomic mass is 10.1. The van der Waals surface area contributed by atoms with Crippen molar-refractivity contribution < 1.29 is 4.48 Å². The Bertz CT molecular complexity index is 180. The fourth-order valence-electron chi connectivity index (χ4n) is 2.30. The van der Waals surface area contributed by atoms with Gasteiger partial charge in [0, 0.05) is 31.8 Å². The minimum Gasteiger partial charge on any atom is -0.326 e. The molecule has 0 aromatic carbocycles. The van der Waals surface area contributed by atoms with Gasteiger partial charge in [0.2, 0.25) is 0 Å². The Morgan fingerprint density at radius 2 is 2.07 bits per heavy atom. The molecule has 2 nitrogen and oxygen atoms in total. The second-order valence-corrected chi connectivity index (χ2v) is 5.86. The van der Waals surface area contributed by atoms with E-state index in [0.717, 1.165) is 12.6 Å². The van der Waals surface area contributed by atoms with Crippen LogP contribution >= 0.6 is 12.8 Å². The first-order valence-corrected chi connectivity index (χ1v) is 6.11. The maximum atomic E-state index is 4.48. The van der Waals surface area contributed by atoms with Gasteiger partial charge in [-0.05, 0) is 13.8 Å². The summed E-state index contributed by atoms with van der Waals surface area (Å²) in [6.45, 7) is 6.86. The molecule has 0 radical (unpaired) electrons. The van der Waals surface area contributed by atoms with E-state index in [1.54, 1.807) is 0 Å². The van der Waals surface area contributed by atoms with Crippen molar-refractivity contribution in [2.24, 2.45) is 0 Å². The van der Waals surface area contributed by atoms with Crippen molar-refractivity contribution in [2.45, 2.75) is 45.2 Å². The largest absolute Gasteiger partial charge is 0.326 e. The van der Waals surface area contributed by atoms with Gasteiger partial charge in [-0.1, -0.05) is 12.8 Å². The SMILES string of the molecule is CC(C)N(S)CCC1CCC[N+]1(C)C. The average Bonchev–Trinajstić information content (AvgIpc) is 2.40. The molecule has 0 saturated carbocycles. The standard InChI is InChI=1S/C11H25N2S/c1-10(2)12(14)8-7-11-6-5-9-13(11,3)4/h10-11,14H,5-9H2,1-4H3/q+1. The summed E-state index contributed by atoms with van der Waals surface area (Å²) in [6, 6.07) is 1.40. The number of hydrogen-bond acceptors (Lipinski definition) is 2. The molecule has 1 atom stereocenters. The molecule has 0 spiro atoms. The highest BCUT2D eigenvalue weighted by Crippen LogP contribution is 2.25. The summed E-state index contributed by atoms with van der Waals surface area (Å²) in [7, 11) is 4.71. The van der Waals surface area contributed by atoms with Crippen LogP contribution in [0.25, 0.3) is 0 Å². The van der Waals surface area contributed by atoms with E-state index in [1.165, 1.54) is 30.3 Å². The summed E-state index contributed by atoms with van der Waals surface area (Å²) in [4.78, 5) is 0. The lowest BCUT2D eigenvalue weighted by Crippen LogP contribution is -2.45. The average molecular weight is 217 g/mol. The summed E-state index contributed by atoms with van der Waals surface area (Å²) in [6.07, 6.45) is 4.08. The van der Waals surface area contributed by atoms with E-state index in [2.05, 4.69) is 45.1 Å². The zero-order valence-electron chi connectivity index (χ0n) is 10.0. The number of thiol groups is 1. The first-order valence-electron chi connectivity index (χ1n) is 5.71. The van der Waals surface area contributed by atoms with E-state index >= 15 is 0 Å². The summed E-state index contributed by atoms with van der Waals surface area (Å²) in [5.41, 5.74) is 0. The van der Waals surface area contributed by atoms with Crippen molar-refractivity contribution in [3.63, 3.8) is 0 Å². The zero-order chi connectivity index (χ0) is 10.8. The number of nitrogens with zero attached hydrogens (tertiary/aromatic N) is 2. The molecule has 84 valence electrons. The van der Waals surface area contributed by atoms with Gasteiger partial charge in [0.05, 0.1) is 26.7 Å². The highest BCUT2D eigenvalue weighted by molar-refractivity contribution is 7.77. The van der Waals surface area contributed by atoms with Crippen LogP contribution in [0.5, 0.6) is 0 Å². The van der Waals surface area contributed by atoms with Gasteiger partial charge >= 0.3 is 0 Å². The van der Waals surface area contributed by atoms with Crippen LogP contribution in [-0.4, -0.2) is 48.1 Å². The highest BCUT2D eigenvalue weighted by Gasteiger charge is 2.33. The molecule has 1 aliphatic rings. The van der Waals surface area contributed by atoms with Crippen LogP contribution < -0.4 is 0 Å². The summed E-state index contributed by atoms with van der Waals surface area (Å²) < 4.78 is 3.36. The number of rotatable bonds is 4. The molecule has 1 fully saturated rings. The van der Waals surface area contributed by atoms with Gasteiger partial charge < -0.3 is 4.48 Å². The lowest BCUT2D eigenvalue weighted by molar-refractivity contribution is -0.902. The zero-order valence-corrected chi connectivity index (χ0v) is 10.9. The Morgan fingerprint density at radius 3 is 2.50 bits per heavy atom. The van der Waals surface area contributed by atoms with Gasteiger partial charge in [-0.2, -0.15) is 0 Å². The van der Waals surface area contributed by atoms with E-state index in [0.29, 0.717) is 6.04 Å². The van der Waals surface area contributed by atoms with E-state index < -0.39 is 0 Å². The van der Waals surface area contributed by atoms with Crippen molar-refractivity contribution in [2.75, 3.05) is 27.2 Å². The third-order valence-electron chi connectivity index (χ3n) is 3.55. The van der Waals surface area contributed by atoms with Crippen LogP contribution in [0.1, 0.15) is 33.1 Å². The lowest BCUT2D eigenvalue weighted by Gasteiger charge is -2.33. The van der Waals surface area contributed by atoms with Gasteiger partial charge in [-0.15, -0.1) is 0 Å². The van der Waals surface area contributed by atoms with Gasteiger partial charge in [0.1, 0.15) is 0 Å². The van der Waals surface area contributed by atoms with Crippen LogP contribution in [-0.2, 0) is 0 Å². The normalized spacial score (nSPS) is 26.4. The monoisotopic (exact) mass is 217 g/mol. The first kappa shape index (κ1) is 12.3. The van der Waals surface area contributed by atoms with Gasteiger partial charge in [-0.3, -0.25) is 4.31 Å². The maximum absolute atomic E-state index is 4.48. The van der Waals surface area contributed by atoms with Gasteiger partial charge in [0.15, 0.2) is 0 Å². The van der Waals surface area contributed by atoms with Crippen LogP contribution in [0.2, 0.25) is 0 Å². The van der Waals surface area contributed by atoms with Crippen molar-refractivity contribution in [1.82, 2.24) is 4.31 Å². The Hall–Kier alpha value is 0.270. The van der Waals surface area contributed by atoms with Crippen molar-refractivity contribution in [1.29, 1.82) is 0 Å². The van der Waals surface area contributed by atoms with Crippen molar-refractivity contribution >= 4 is 12.8 Å². The summed E-state index contributed by atoms with van der Waals surface area (Å²) in [5, 5.41) is 0. The molecule has 0 aromatic heterocycles. The minimum absolute atomic E-state index is 0.551. The fourth-order valence-corrected chi connectivity index (χ4v) is 2.42. The number of likely N-dealkylation sites (tertiary alicyclic amines) is 1. The van der Waals surface area contributed by atoms with Crippen LogP contribution in [0.3, 0.4) is 0 Å². The smallest absolute Gasteiger partial charge is 0.0901 e. The predicted octanol–water partition coefficient (Wildman–Crippen LogP) is 2.17. The molecule has 1 heterocycles. The van der Waals surface area contributed by atoms with Gasteiger partial charge in [0.25, 0.3) is 0 Å². The second-order valence-electron chi connectivity index (χ2n) is 5.34. The minimum atomic E-state index is 0.551. The number of hydrogen-bond donors (Lipinski definition) is 1. The Balaban J connectivity index is 2.31. The van der Waals surface area contributed by atoms with Crippen molar-refractivity contribution in [3.8, 4) is 0 Å². The molecular formula is C11H25N2S+.